The van der Waals surface area contributed by atoms with Gasteiger partial charge >= 0.3 is 39.5 Å². The molecular formula is C79H154O17P2. The molecule has 0 rings (SSSR count). The zero-order chi connectivity index (χ0) is 72.4. The molecule has 3 N–H and O–H groups in total. The molecule has 582 valence electrons. The quantitative estimate of drug-likeness (QED) is 0.0222. The highest BCUT2D eigenvalue weighted by Crippen LogP contribution is 2.45. The fourth-order valence-electron chi connectivity index (χ4n) is 12.0. The van der Waals surface area contributed by atoms with Crippen molar-refractivity contribution in [3.05, 3.63) is 0 Å². The van der Waals surface area contributed by atoms with E-state index in [1.54, 1.807) is 0 Å². The standard InChI is InChI=1S/C79H154O17P2/c1-9-71(7)57-49-41-32-26-21-23-29-35-45-53-61-78(83)95-74(65-89-76(81)59-51-43-34-28-20-18-16-14-12-11-13-15-17-19-25-31-39-47-55-69(3)4)67-93-97(85,86)91-63-73(80)64-92-98(87,88)94-68-75(66-90-77(82)60-52-44-38-37-40-48-56-70(5)6)96-79(84)62-54-46-36-30-24-22-27-33-42-50-58-72(8)10-2/h69-75,80H,9-68H2,1-8H3,(H,85,86)(H,87,88)/t71?,72?,73-,74-,75-/m1/s1. The third kappa shape index (κ3) is 69.8. The molecule has 0 aliphatic heterocycles. The first kappa shape index (κ1) is 96.1. The first-order chi connectivity index (χ1) is 47.2. The summed E-state index contributed by atoms with van der Waals surface area (Å²) in [4.78, 5) is 72.9. The van der Waals surface area contributed by atoms with Crippen molar-refractivity contribution in [2.45, 2.75) is 420 Å². The van der Waals surface area contributed by atoms with Crippen molar-refractivity contribution < 1.29 is 80.2 Å². The van der Waals surface area contributed by atoms with Crippen LogP contribution in [-0.4, -0.2) is 96.7 Å². The first-order valence-electron chi connectivity index (χ1n) is 40.8. The highest BCUT2D eigenvalue weighted by atomic mass is 31.2. The molecule has 98 heavy (non-hydrogen) atoms. The molecule has 0 aliphatic rings. The summed E-state index contributed by atoms with van der Waals surface area (Å²) in [6, 6.07) is 0. The maximum absolute atomic E-state index is 13.1. The number of esters is 4. The molecule has 7 atom stereocenters. The number of phosphoric ester groups is 2. The number of aliphatic hydroxyl groups excluding tert-OH is 1. The van der Waals surface area contributed by atoms with Crippen molar-refractivity contribution in [2.24, 2.45) is 23.7 Å². The van der Waals surface area contributed by atoms with Gasteiger partial charge in [-0.15, -0.1) is 0 Å². The van der Waals surface area contributed by atoms with Gasteiger partial charge in [0.1, 0.15) is 19.3 Å². The van der Waals surface area contributed by atoms with E-state index in [2.05, 4.69) is 55.4 Å². The van der Waals surface area contributed by atoms with Crippen molar-refractivity contribution >= 4 is 39.5 Å². The van der Waals surface area contributed by atoms with Gasteiger partial charge in [0.05, 0.1) is 26.4 Å². The van der Waals surface area contributed by atoms with E-state index in [-0.39, 0.29) is 25.7 Å². The van der Waals surface area contributed by atoms with Crippen molar-refractivity contribution in [3.8, 4) is 0 Å². The summed E-state index contributed by atoms with van der Waals surface area (Å²) in [6.07, 6.45) is 54.2. The summed E-state index contributed by atoms with van der Waals surface area (Å²) in [6.45, 7) is 14.2. The van der Waals surface area contributed by atoms with Gasteiger partial charge < -0.3 is 33.8 Å². The van der Waals surface area contributed by atoms with Gasteiger partial charge in [0, 0.05) is 25.7 Å². The average Bonchev–Trinajstić information content (AvgIpc) is 0.951. The van der Waals surface area contributed by atoms with Crippen molar-refractivity contribution in [1.82, 2.24) is 0 Å². The maximum atomic E-state index is 13.1. The molecule has 0 aliphatic carbocycles. The number of carbonyl (C=O) groups excluding carboxylic acids is 4. The number of ether oxygens (including phenoxy) is 4. The normalized spacial score (nSPS) is 14.6. The molecule has 0 amide bonds. The molecule has 0 heterocycles. The molecule has 0 aromatic rings. The molecular weight excluding hydrogens is 1280 g/mol. The van der Waals surface area contributed by atoms with Crippen molar-refractivity contribution in [2.75, 3.05) is 39.6 Å². The van der Waals surface area contributed by atoms with Gasteiger partial charge in [-0.25, -0.2) is 9.13 Å². The van der Waals surface area contributed by atoms with Crippen LogP contribution in [0.4, 0.5) is 0 Å². The Morgan fingerprint density at radius 3 is 0.724 bits per heavy atom. The fourth-order valence-corrected chi connectivity index (χ4v) is 13.6. The van der Waals surface area contributed by atoms with Crippen LogP contribution in [-0.2, 0) is 65.4 Å². The van der Waals surface area contributed by atoms with Crippen LogP contribution in [0.5, 0.6) is 0 Å². The number of hydrogen-bond donors (Lipinski definition) is 3. The predicted molar refractivity (Wildman–Crippen MR) is 400 cm³/mol. The lowest BCUT2D eigenvalue weighted by atomic mass is 9.99. The van der Waals surface area contributed by atoms with Gasteiger partial charge in [-0.1, -0.05) is 351 Å². The maximum Gasteiger partial charge on any atom is 0.472 e. The number of carbonyl (C=O) groups is 4. The van der Waals surface area contributed by atoms with Crippen LogP contribution >= 0.6 is 15.6 Å². The van der Waals surface area contributed by atoms with Crippen molar-refractivity contribution in [3.63, 3.8) is 0 Å². The summed E-state index contributed by atoms with van der Waals surface area (Å²) in [7, 11) is -9.92. The Hall–Kier alpha value is -1.94. The van der Waals surface area contributed by atoms with Crippen LogP contribution < -0.4 is 0 Å². The van der Waals surface area contributed by atoms with E-state index in [4.69, 9.17) is 37.0 Å². The molecule has 17 nitrogen and oxygen atoms in total. The lowest BCUT2D eigenvalue weighted by molar-refractivity contribution is -0.161. The SMILES string of the molecule is CCC(C)CCCCCCCCCCCCC(=O)O[C@H](COC(=O)CCCCCCCCCCCCCCCCCCCCC(C)C)COP(=O)(O)OC[C@@H](O)COP(=O)(O)OC[C@@H](COC(=O)CCCCCCCCC(C)C)OC(=O)CCCCCCCCCCCCC(C)CC. The number of hydrogen-bond acceptors (Lipinski definition) is 15. The largest absolute Gasteiger partial charge is 0.472 e. The molecule has 0 spiro atoms. The van der Waals surface area contributed by atoms with Crippen LogP contribution in [0.1, 0.15) is 402 Å². The molecule has 0 aromatic carbocycles. The summed E-state index contributed by atoms with van der Waals surface area (Å²) in [5, 5.41) is 10.6. The number of unbranched alkanes of at least 4 members (excludes halogenated alkanes) is 40. The molecule has 0 bridgehead atoms. The number of aliphatic hydroxyl groups is 1. The smallest absolute Gasteiger partial charge is 0.462 e. The lowest BCUT2D eigenvalue weighted by Crippen LogP contribution is -2.30. The van der Waals surface area contributed by atoms with Crippen LogP contribution in [0.15, 0.2) is 0 Å². The van der Waals surface area contributed by atoms with Gasteiger partial charge in [-0.2, -0.15) is 0 Å². The Labute approximate surface area is 600 Å². The minimum absolute atomic E-state index is 0.105. The second-order valence-electron chi connectivity index (χ2n) is 29.9. The number of phosphoric acid groups is 2. The molecule has 0 saturated heterocycles. The second-order valence-corrected chi connectivity index (χ2v) is 32.8. The van der Waals surface area contributed by atoms with Gasteiger partial charge in [0.2, 0.25) is 0 Å². The van der Waals surface area contributed by atoms with Gasteiger partial charge in [-0.3, -0.25) is 37.3 Å². The fraction of sp³-hybridized carbons (Fsp3) is 0.949. The zero-order valence-corrected chi connectivity index (χ0v) is 66.2. The van der Waals surface area contributed by atoms with E-state index in [1.807, 2.05) is 0 Å². The topological polar surface area (TPSA) is 237 Å². The third-order valence-electron chi connectivity index (χ3n) is 19.0. The van der Waals surface area contributed by atoms with Gasteiger partial charge in [0.25, 0.3) is 0 Å². The lowest BCUT2D eigenvalue weighted by Gasteiger charge is -2.21. The van der Waals surface area contributed by atoms with Crippen LogP contribution in [0.25, 0.3) is 0 Å². The highest BCUT2D eigenvalue weighted by Gasteiger charge is 2.30. The van der Waals surface area contributed by atoms with Gasteiger partial charge in [-0.05, 0) is 49.4 Å². The molecule has 4 unspecified atom stereocenters. The number of rotatable bonds is 76. The molecule has 0 saturated carbocycles. The van der Waals surface area contributed by atoms with E-state index in [0.717, 1.165) is 114 Å². The van der Waals surface area contributed by atoms with E-state index >= 15 is 0 Å². The Morgan fingerprint density at radius 1 is 0.286 bits per heavy atom. The Balaban J connectivity index is 5.20. The van der Waals surface area contributed by atoms with Gasteiger partial charge in [0.15, 0.2) is 12.2 Å². The first-order valence-corrected chi connectivity index (χ1v) is 43.8. The molecule has 0 radical (unpaired) electrons. The minimum atomic E-state index is -4.96. The Morgan fingerprint density at radius 2 is 0.490 bits per heavy atom. The third-order valence-corrected chi connectivity index (χ3v) is 20.9. The average molecular weight is 1440 g/mol. The summed E-state index contributed by atoms with van der Waals surface area (Å²) >= 11 is 0. The summed E-state index contributed by atoms with van der Waals surface area (Å²) in [5.74, 6) is 0.989. The zero-order valence-electron chi connectivity index (χ0n) is 64.4. The van der Waals surface area contributed by atoms with E-state index in [1.165, 1.54) is 199 Å². The molecule has 0 aromatic heterocycles. The molecule has 19 heteroatoms. The van der Waals surface area contributed by atoms with E-state index in [0.29, 0.717) is 31.6 Å². The summed E-state index contributed by atoms with van der Waals surface area (Å²) < 4.78 is 68.6. The van der Waals surface area contributed by atoms with Crippen LogP contribution in [0.2, 0.25) is 0 Å². The van der Waals surface area contributed by atoms with Crippen LogP contribution in [0, 0.1) is 23.7 Å². The Kier molecular flexibility index (Phi) is 66.8. The van der Waals surface area contributed by atoms with Crippen LogP contribution in [0.3, 0.4) is 0 Å². The van der Waals surface area contributed by atoms with E-state index < -0.39 is 97.5 Å². The highest BCUT2D eigenvalue weighted by molar-refractivity contribution is 7.47. The van der Waals surface area contributed by atoms with E-state index in [9.17, 15) is 43.2 Å². The predicted octanol–water partition coefficient (Wildman–Crippen LogP) is 23.2. The Bertz CT molecular complexity index is 1920. The molecule has 0 fully saturated rings. The second kappa shape index (κ2) is 68.2. The monoisotopic (exact) mass is 1440 g/mol. The summed E-state index contributed by atoms with van der Waals surface area (Å²) in [5.41, 5.74) is 0. The van der Waals surface area contributed by atoms with Crippen molar-refractivity contribution in [1.29, 1.82) is 0 Å². The minimum Gasteiger partial charge on any atom is -0.462 e.